The number of hydrogen-bond acceptors (Lipinski definition) is 1. The van der Waals surface area contributed by atoms with E-state index >= 15 is 0 Å². The summed E-state index contributed by atoms with van der Waals surface area (Å²) in [4.78, 5) is 0. The number of hydrogen-bond donors (Lipinski definition) is 1. The van der Waals surface area contributed by atoms with Crippen molar-refractivity contribution in [3.63, 3.8) is 0 Å². The molecule has 0 saturated carbocycles. The fourth-order valence-electron chi connectivity index (χ4n) is 1.90. The molecule has 0 saturated heterocycles. The molecule has 1 unspecified atom stereocenters. The van der Waals surface area contributed by atoms with Crippen molar-refractivity contribution in [1.29, 1.82) is 0 Å². The first kappa shape index (κ1) is 12.0. The summed E-state index contributed by atoms with van der Waals surface area (Å²) < 4.78 is 0. The van der Waals surface area contributed by atoms with Crippen LogP contribution in [-0.4, -0.2) is 11.7 Å². The van der Waals surface area contributed by atoms with E-state index in [9.17, 15) is 0 Å². The van der Waals surface area contributed by atoms with E-state index in [1.807, 2.05) is 0 Å². The molecule has 0 aromatic rings. The van der Waals surface area contributed by atoms with Crippen LogP contribution in [-0.2, 0) is 0 Å². The fraction of sp³-hybridized carbons (Fsp3) is 1.00. The highest BCUT2D eigenvalue weighted by Crippen LogP contribution is 2.27. The predicted molar refractivity (Wildman–Crippen MR) is 54.1 cm³/mol. The Morgan fingerprint density at radius 2 is 1.67 bits per heavy atom. The van der Waals surface area contributed by atoms with Crippen LogP contribution in [0, 0.1) is 17.3 Å². The Morgan fingerprint density at radius 1 is 1.17 bits per heavy atom. The normalized spacial score (nSPS) is 15.2. The highest BCUT2D eigenvalue weighted by atomic mass is 16.3. The van der Waals surface area contributed by atoms with Gasteiger partial charge in [-0.15, -0.1) is 0 Å². The molecule has 0 spiro atoms. The van der Waals surface area contributed by atoms with Gasteiger partial charge in [0.15, 0.2) is 0 Å². The molecule has 1 N–H and O–H groups in total. The lowest BCUT2D eigenvalue weighted by Crippen LogP contribution is -2.20. The zero-order chi connectivity index (χ0) is 9.78. The van der Waals surface area contributed by atoms with E-state index in [-0.39, 0.29) is 5.41 Å². The maximum absolute atomic E-state index is 9.08. The van der Waals surface area contributed by atoms with Crippen LogP contribution >= 0.6 is 0 Å². The lowest BCUT2D eigenvalue weighted by molar-refractivity contribution is 0.128. The maximum atomic E-state index is 9.08. The third-order valence-electron chi connectivity index (χ3n) is 2.20. The van der Waals surface area contributed by atoms with E-state index < -0.39 is 0 Å². The van der Waals surface area contributed by atoms with E-state index in [0.29, 0.717) is 6.61 Å². The Hall–Kier alpha value is -0.0400. The van der Waals surface area contributed by atoms with Crippen molar-refractivity contribution in [2.75, 3.05) is 6.61 Å². The van der Waals surface area contributed by atoms with Crippen molar-refractivity contribution in [2.24, 2.45) is 17.3 Å². The van der Waals surface area contributed by atoms with Crippen LogP contribution in [0.5, 0.6) is 0 Å². The van der Waals surface area contributed by atoms with Gasteiger partial charge >= 0.3 is 0 Å². The summed E-state index contributed by atoms with van der Waals surface area (Å²) in [6.07, 6.45) is 2.39. The highest BCUT2D eigenvalue weighted by molar-refractivity contribution is 4.71. The van der Waals surface area contributed by atoms with Gasteiger partial charge in [0.05, 0.1) is 0 Å². The standard InChI is InChI=1S/C11H24O/c1-9(2)6-10(3)7-11(4,5)8-12/h9-10,12H,6-8H2,1-5H3. The molecule has 12 heavy (non-hydrogen) atoms. The minimum atomic E-state index is 0.105. The second kappa shape index (κ2) is 4.86. The Labute approximate surface area is 77.2 Å². The van der Waals surface area contributed by atoms with E-state index in [1.54, 1.807) is 0 Å². The molecule has 0 bridgehead atoms. The Bertz CT molecular complexity index is 116. The van der Waals surface area contributed by atoms with Crippen molar-refractivity contribution in [3.05, 3.63) is 0 Å². The van der Waals surface area contributed by atoms with Gasteiger partial charge in [0.2, 0.25) is 0 Å². The van der Waals surface area contributed by atoms with Crippen LogP contribution < -0.4 is 0 Å². The van der Waals surface area contributed by atoms with E-state index in [4.69, 9.17) is 5.11 Å². The summed E-state index contributed by atoms with van der Waals surface area (Å²) in [5.41, 5.74) is 0.105. The van der Waals surface area contributed by atoms with Crippen molar-refractivity contribution in [3.8, 4) is 0 Å². The number of aliphatic hydroxyl groups excluding tert-OH is 1. The lowest BCUT2D eigenvalue weighted by Gasteiger charge is -2.26. The van der Waals surface area contributed by atoms with E-state index in [1.165, 1.54) is 6.42 Å². The van der Waals surface area contributed by atoms with Gasteiger partial charge in [-0.05, 0) is 30.1 Å². The first-order valence-corrected chi connectivity index (χ1v) is 4.98. The van der Waals surface area contributed by atoms with Crippen LogP contribution in [0.15, 0.2) is 0 Å². The zero-order valence-electron chi connectivity index (χ0n) is 9.22. The molecule has 1 nitrogen and oxygen atoms in total. The average molecular weight is 172 g/mol. The monoisotopic (exact) mass is 172 g/mol. The molecule has 0 aliphatic carbocycles. The molecule has 0 amide bonds. The van der Waals surface area contributed by atoms with Crippen molar-refractivity contribution in [2.45, 2.75) is 47.5 Å². The van der Waals surface area contributed by atoms with E-state index in [0.717, 1.165) is 18.3 Å². The third kappa shape index (κ3) is 5.59. The molecule has 1 atom stereocenters. The molecule has 0 aliphatic heterocycles. The molecule has 0 aromatic carbocycles. The quantitative estimate of drug-likeness (QED) is 0.675. The molecule has 0 aliphatic rings. The average Bonchev–Trinajstić information content (AvgIpc) is 1.84. The summed E-state index contributed by atoms with van der Waals surface area (Å²) in [5, 5.41) is 9.08. The molecule has 0 heterocycles. The molecule has 0 aromatic heterocycles. The molecule has 74 valence electrons. The van der Waals surface area contributed by atoms with Crippen LogP contribution in [0.2, 0.25) is 0 Å². The predicted octanol–water partition coefficient (Wildman–Crippen LogP) is 3.08. The second-order valence-corrected chi connectivity index (χ2v) is 5.26. The lowest BCUT2D eigenvalue weighted by atomic mass is 9.81. The first-order valence-electron chi connectivity index (χ1n) is 4.98. The van der Waals surface area contributed by atoms with Gasteiger partial charge in [-0.1, -0.05) is 34.6 Å². The van der Waals surface area contributed by atoms with Crippen LogP contribution in [0.1, 0.15) is 47.5 Å². The van der Waals surface area contributed by atoms with Crippen molar-refractivity contribution < 1.29 is 5.11 Å². The number of rotatable bonds is 5. The van der Waals surface area contributed by atoms with E-state index in [2.05, 4.69) is 34.6 Å². The SMILES string of the molecule is CC(C)CC(C)CC(C)(C)CO. The minimum absolute atomic E-state index is 0.105. The smallest absolute Gasteiger partial charge is 0.0482 e. The van der Waals surface area contributed by atoms with Gasteiger partial charge < -0.3 is 5.11 Å². The Balaban J connectivity index is 3.75. The highest BCUT2D eigenvalue weighted by Gasteiger charge is 2.20. The summed E-state index contributed by atoms with van der Waals surface area (Å²) >= 11 is 0. The molecule has 1 heteroatoms. The Kier molecular flexibility index (Phi) is 4.84. The summed E-state index contributed by atoms with van der Waals surface area (Å²) in [7, 11) is 0. The molecule has 0 fully saturated rings. The van der Waals surface area contributed by atoms with Crippen LogP contribution in [0.25, 0.3) is 0 Å². The van der Waals surface area contributed by atoms with Crippen molar-refractivity contribution in [1.82, 2.24) is 0 Å². The summed E-state index contributed by atoms with van der Waals surface area (Å²) in [6, 6.07) is 0. The summed E-state index contributed by atoms with van der Waals surface area (Å²) in [5.74, 6) is 1.50. The topological polar surface area (TPSA) is 20.2 Å². The Morgan fingerprint density at radius 3 is 2.00 bits per heavy atom. The maximum Gasteiger partial charge on any atom is 0.0482 e. The summed E-state index contributed by atoms with van der Waals surface area (Å²) in [6.45, 7) is 11.3. The van der Waals surface area contributed by atoms with Gasteiger partial charge in [-0.3, -0.25) is 0 Å². The van der Waals surface area contributed by atoms with Gasteiger partial charge in [-0.2, -0.15) is 0 Å². The van der Waals surface area contributed by atoms with Gasteiger partial charge in [0.25, 0.3) is 0 Å². The van der Waals surface area contributed by atoms with Gasteiger partial charge in [0, 0.05) is 6.61 Å². The number of aliphatic hydroxyl groups is 1. The van der Waals surface area contributed by atoms with Gasteiger partial charge in [-0.25, -0.2) is 0 Å². The molecule has 0 rings (SSSR count). The largest absolute Gasteiger partial charge is 0.396 e. The zero-order valence-corrected chi connectivity index (χ0v) is 9.22. The first-order chi connectivity index (χ1) is 5.37. The van der Waals surface area contributed by atoms with Crippen molar-refractivity contribution >= 4 is 0 Å². The molecular weight excluding hydrogens is 148 g/mol. The third-order valence-corrected chi connectivity index (χ3v) is 2.20. The van der Waals surface area contributed by atoms with Gasteiger partial charge in [0.1, 0.15) is 0 Å². The van der Waals surface area contributed by atoms with Crippen LogP contribution in [0.3, 0.4) is 0 Å². The molecular formula is C11H24O. The minimum Gasteiger partial charge on any atom is -0.396 e. The second-order valence-electron chi connectivity index (χ2n) is 5.26. The molecule has 0 radical (unpaired) electrons. The van der Waals surface area contributed by atoms with Crippen LogP contribution in [0.4, 0.5) is 0 Å². The fourth-order valence-corrected chi connectivity index (χ4v) is 1.90.